The van der Waals surface area contributed by atoms with E-state index in [2.05, 4.69) is 5.32 Å². The Morgan fingerprint density at radius 2 is 2.05 bits per heavy atom. The quantitative estimate of drug-likeness (QED) is 0.899. The van der Waals surface area contributed by atoms with Crippen LogP contribution < -0.4 is 10.5 Å². The number of hydrogen-bond acceptors (Lipinski definition) is 4. The lowest BCUT2D eigenvalue weighted by molar-refractivity contribution is 0.419. The van der Waals surface area contributed by atoms with Gasteiger partial charge in [0.2, 0.25) is 5.09 Å². The summed E-state index contributed by atoms with van der Waals surface area (Å²) in [4.78, 5) is 0. The van der Waals surface area contributed by atoms with Crippen molar-refractivity contribution in [2.75, 3.05) is 5.32 Å². The van der Waals surface area contributed by atoms with Gasteiger partial charge in [0.25, 0.3) is 10.0 Å². The predicted molar refractivity (Wildman–Crippen MR) is 68.5 cm³/mol. The van der Waals surface area contributed by atoms with Gasteiger partial charge in [-0.15, -0.1) is 0 Å². The molecule has 1 heterocycles. The smallest absolute Gasteiger partial charge is 0.271 e. The van der Waals surface area contributed by atoms with E-state index in [9.17, 15) is 12.8 Å². The van der Waals surface area contributed by atoms with Gasteiger partial charge in [-0.2, -0.15) is 0 Å². The van der Waals surface area contributed by atoms with Crippen LogP contribution in [0.1, 0.15) is 11.3 Å². The number of rotatable bonds is 4. The van der Waals surface area contributed by atoms with Crippen molar-refractivity contribution < 1.29 is 17.2 Å². The third-order valence-electron chi connectivity index (χ3n) is 2.50. The maximum atomic E-state index is 13.5. The monoisotopic (exact) mass is 284 g/mol. The zero-order valence-electron chi connectivity index (χ0n) is 10.2. The molecule has 0 fully saturated rings. The van der Waals surface area contributed by atoms with E-state index in [1.807, 2.05) is 0 Å². The zero-order chi connectivity index (χ0) is 14.0. The van der Waals surface area contributed by atoms with Crippen molar-refractivity contribution in [3.8, 4) is 0 Å². The van der Waals surface area contributed by atoms with Gasteiger partial charge in [-0.3, -0.25) is 0 Å². The molecule has 0 unspecified atom stereocenters. The number of benzene rings is 1. The Morgan fingerprint density at radius 1 is 1.32 bits per heavy atom. The molecule has 0 saturated heterocycles. The second-order valence-corrected chi connectivity index (χ2v) is 5.59. The summed E-state index contributed by atoms with van der Waals surface area (Å²) < 4.78 is 40.6. The second kappa shape index (κ2) is 5.02. The molecule has 3 N–H and O–H groups in total. The van der Waals surface area contributed by atoms with Gasteiger partial charge in [-0.05, 0) is 36.8 Å². The number of anilines is 1. The third-order valence-corrected chi connectivity index (χ3v) is 3.28. The van der Waals surface area contributed by atoms with E-state index >= 15 is 0 Å². The number of nitrogens with one attached hydrogen (secondary N) is 1. The van der Waals surface area contributed by atoms with Gasteiger partial charge in [0.05, 0.1) is 12.2 Å². The minimum absolute atomic E-state index is 0.162. The number of primary sulfonamides is 1. The summed E-state index contributed by atoms with van der Waals surface area (Å²) in [6.07, 6.45) is 0. The highest BCUT2D eigenvalue weighted by molar-refractivity contribution is 7.89. The molecule has 7 heteroatoms. The summed E-state index contributed by atoms with van der Waals surface area (Å²) in [5.41, 5.74) is 1.14. The van der Waals surface area contributed by atoms with Crippen LogP contribution in [0.2, 0.25) is 0 Å². The summed E-state index contributed by atoms with van der Waals surface area (Å²) in [5, 5.41) is 7.42. The zero-order valence-corrected chi connectivity index (χ0v) is 11.0. The first-order valence-corrected chi connectivity index (χ1v) is 7.02. The average Bonchev–Trinajstić information content (AvgIpc) is 2.76. The largest absolute Gasteiger partial charge is 0.446 e. The molecule has 0 aliphatic rings. The van der Waals surface area contributed by atoms with Crippen molar-refractivity contribution in [1.29, 1.82) is 0 Å². The van der Waals surface area contributed by atoms with Gasteiger partial charge in [-0.1, -0.05) is 6.07 Å². The molecule has 0 amide bonds. The molecule has 102 valence electrons. The molecule has 19 heavy (non-hydrogen) atoms. The molecular formula is C12H13FN2O3S. The van der Waals surface area contributed by atoms with Crippen LogP contribution >= 0.6 is 0 Å². The molecular weight excluding hydrogens is 271 g/mol. The molecule has 5 nitrogen and oxygen atoms in total. The summed E-state index contributed by atoms with van der Waals surface area (Å²) >= 11 is 0. The SMILES string of the molecule is Cc1ccc(NCc2ccc(S(N)(=O)=O)o2)c(F)c1. The maximum Gasteiger partial charge on any atom is 0.271 e. The molecule has 0 aliphatic heterocycles. The van der Waals surface area contributed by atoms with Crippen molar-refractivity contribution in [2.45, 2.75) is 18.6 Å². The van der Waals surface area contributed by atoms with Crippen LogP contribution in [0.15, 0.2) is 39.8 Å². The second-order valence-electron chi connectivity index (χ2n) is 4.10. The maximum absolute atomic E-state index is 13.5. The predicted octanol–water partition coefficient (Wildman–Crippen LogP) is 1.99. The third kappa shape index (κ3) is 3.33. The Balaban J connectivity index is 2.09. The summed E-state index contributed by atoms with van der Waals surface area (Å²) in [5.74, 6) is -0.0257. The Kier molecular flexibility index (Phi) is 3.59. The van der Waals surface area contributed by atoms with Crippen molar-refractivity contribution in [3.63, 3.8) is 0 Å². The lowest BCUT2D eigenvalue weighted by atomic mass is 10.2. The molecule has 1 aromatic heterocycles. The number of aryl methyl sites for hydroxylation is 1. The lowest BCUT2D eigenvalue weighted by Crippen LogP contribution is -2.10. The molecule has 1 aromatic carbocycles. The molecule has 0 aliphatic carbocycles. The van der Waals surface area contributed by atoms with E-state index in [4.69, 9.17) is 9.56 Å². The molecule has 2 aromatic rings. The first kappa shape index (κ1) is 13.6. The summed E-state index contributed by atoms with van der Waals surface area (Å²) in [6, 6.07) is 7.51. The minimum atomic E-state index is -3.85. The topological polar surface area (TPSA) is 85.3 Å². The molecule has 0 bridgehead atoms. The van der Waals surface area contributed by atoms with E-state index < -0.39 is 10.0 Å². The highest BCUT2D eigenvalue weighted by Gasteiger charge is 2.13. The van der Waals surface area contributed by atoms with E-state index in [1.165, 1.54) is 18.2 Å². The number of nitrogens with two attached hydrogens (primary N) is 1. The number of hydrogen-bond donors (Lipinski definition) is 2. The van der Waals surface area contributed by atoms with E-state index in [-0.39, 0.29) is 17.5 Å². The molecule has 0 spiro atoms. The van der Waals surface area contributed by atoms with E-state index in [0.29, 0.717) is 11.4 Å². The summed E-state index contributed by atoms with van der Waals surface area (Å²) in [6.45, 7) is 1.95. The highest BCUT2D eigenvalue weighted by Crippen LogP contribution is 2.18. The number of furan rings is 1. The first-order chi connectivity index (χ1) is 8.86. The summed E-state index contributed by atoms with van der Waals surface area (Å²) in [7, 11) is -3.85. The normalized spacial score (nSPS) is 11.5. The van der Waals surface area contributed by atoms with Gasteiger partial charge in [0.15, 0.2) is 0 Å². The van der Waals surface area contributed by atoms with Gasteiger partial charge in [0.1, 0.15) is 11.6 Å². The van der Waals surface area contributed by atoms with Crippen LogP contribution in [0.4, 0.5) is 10.1 Å². The average molecular weight is 284 g/mol. The molecule has 0 saturated carbocycles. The standard InChI is InChI=1S/C12H13FN2O3S/c1-8-2-4-11(10(13)6-8)15-7-9-3-5-12(18-9)19(14,16)17/h2-6,15H,7H2,1H3,(H2,14,16,17). The fraction of sp³-hybridized carbons (Fsp3) is 0.167. The number of sulfonamides is 1. The Bertz CT molecular complexity index is 695. The lowest BCUT2D eigenvalue weighted by Gasteiger charge is -2.06. The van der Waals surface area contributed by atoms with Crippen LogP contribution in [0.5, 0.6) is 0 Å². The van der Waals surface area contributed by atoms with Crippen molar-refractivity contribution in [2.24, 2.45) is 5.14 Å². The Labute approximate surface area is 110 Å². The Hall–Kier alpha value is -1.86. The van der Waals surface area contributed by atoms with Gasteiger partial charge in [-0.25, -0.2) is 17.9 Å². The van der Waals surface area contributed by atoms with Crippen molar-refractivity contribution >= 4 is 15.7 Å². The fourth-order valence-electron chi connectivity index (χ4n) is 1.55. The Morgan fingerprint density at radius 3 is 2.63 bits per heavy atom. The van der Waals surface area contributed by atoms with Crippen LogP contribution in [0.25, 0.3) is 0 Å². The fourth-order valence-corrected chi connectivity index (χ4v) is 2.03. The van der Waals surface area contributed by atoms with Crippen molar-refractivity contribution in [3.05, 3.63) is 47.5 Å². The van der Waals surface area contributed by atoms with Gasteiger partial charge in [0, 0.05) is 0 Å². The van der Waals surface area contributed by atoms with Gasteiger partial charge >= 0.3 is 0 Å². The number of halogens is 1. The van der Waals surface area contributed by atoms with Gasteiger partial charge < -0.3 is 9.73 Å². The van der Waals surface area contributed by atoms with Crippen LogP contribution in [-0.4, -0.2) is 8.42 Å². The molecule has 0 radical (unpaired) electrons. The van der Waals surface area contributed by atoms with Crippen LogP contribution in [0.3, 0.4) is 0 Å². The highest BCUT2D eigenvalue weighted by atomic mass is 32.2. The van der Waals surface area contributed by atoms with Crippen LogP contribution in [0, 0.1) is 12.7 Å². The first-order valence-electron chi connectivity index (χ1n) is 5.48. The van der Waals surface area contributed by atoms with Crippen LogP contribution in [-0.2, 0) is 16.6 Å². The van der Waals surface area contributed by atoms with E-state index in [1.54, 1.807) is 19.1 Å². The molecule has 0 atom stereocenters. The van der Waals surface area contributed by atoms with Crippen molar-refractivity contribution in [1.82, 2.24) is 0 Å². The van der Waals surface area contributed by atoms with E-state index in [0.717, 1.165) is 5.56 Å². The minimum Gasteiger partial charge on any atom is -0.446 e. The molecule has 2 rings (SSSR count).